The van der Waals surface area contributed by atoms with E-state index >= 15 is 0 Å². The van der Waals surface area contributed by atoms with Crippen LogP contribution >= 0.6 is 0 Å². The van der Waals surface area contributed by atoms with E-state index in [1.807, 2.05) is 45.0 Å². The zero-order valence-corrected chi connectivity index (χ0v) is 10.4. The van der Waals surface area contributed by atoms with Crippen LogP contribution in [0.15, 0.2) is 24.3 Å². The highest BCUT2D eigenvalue weighted by Gasteiger charge is 2.22. The van der Waals surface area contributed by atoms with Crippen LogP contribution in [0.3, 0.4) is 0 Å². The highest BCUT2D eigenvalue weighted by molar-refractivity contribution is 5.22. The van der Waals surface area contributed by atoms with E-state index in [1.54, 1.807) is 0 Å². The lowest BCUT2D eigenvalue weighted by Gasteiger charge is -2.23. The Morgan fingerprint density at radius 1 is 1.31 bits per heavy atom. The van der Waals surface area contributed by atoms with Gasteiger partial charge in [-0.2, -0.15) is 0 Å². The molecule has 0 aliphatic rings. The summed E-state index contributed by atoms with van der Waals surface area (Å²) >= 11 is 0. The normalized spacial score (nSPS) is 15.1. The van der Waals surface area contributed by atoms with Crippen molar-refractivity contribution < 1.29 is 4.39 Å². The molecule has 1 rings (SSSR count). The second-order valence-electron chi connectivity index (χ2n) is 4.85. The van der Waals surface area contributed by atoms with Crippen molar-refractivity contribution in [2.45, 2.75) is 33.4 Å². The van der Waals surface area contributed by atoms with Crippen molar-refractivity contribution in [1.82, 2.24) is 0 Å². The van der Waals surface area contributed by atoms with Gasteiger partial charge >= 0.3 is 0 Å². The summed E-state index contributed by atoms with van der Waals surface area (Å²) in [6.45, 7) is 6.50. The summed E-state index contributed by atoms with van der Waals surface area (Å²) in [6, 6.07) is 8.03. The molecule has 2 N–H and O–H groups in total. The molecule has 2 heteroatoms. The highest BCUT2D eigenvalue weighted by Crippen LogP contribution is 2.21. The van der Waals surface area contributed by atoms with E-state index in [1.165, 1.54) is 5.56 Å². The Kier molecular flexibility index (Phi) is 4.94. The summed E-state index contributed by atoms with van der Waals surface area (Å²) in [5.41, 5.74) is 7.86. The molecule has 0 aliphatic heterocycles. The van der Waals surface area contributed by atoms with Crippen molar-refractivity contribution in [2.75, 3.05) is 6.54 Å². The molecule has 90 valence electrons. The van der Waals surface area contributed by atoms with E-state index in [9.17, 15) is 4.39 Å². The van der Waals surface area contributed by atoms with Crippen molar-refractivity contribution in [3.63, 3.8) is 0 Å². The molecule has 0 aliphatic carbocycles. The Hall–Kier alpha value is -0.890. The Morgan fingerprint density at radius 2 is 2.00 bits per heavy atom. The third-order valence-corrected chi connectivity index (χ3v) is 3.11. The van der Waals surface area contributed by atoms with Gasteiger partial charge in [0.25, 0.3) is 0 Å². The van der Waals surface area contributed by atoms with Gasteiger partial charge in [0.2, 0.25) is 0 Å². The predicted molar refractivity (Wildman–Crippen MR) is 67.2 cm³/mol. The molecular weight excluding hydrogens is 201 g/mol. The zero-order valence-electron chi connectivity index (χ0n) is 10.4. The SMILES string of the molecule is Cc1cccc(CC(F)C(CN)C(C)C)c1. The van der Waals surface area contributed by atoms with Crippen molar-refractivity contribution in [2.24, 2.45) is 17.6 Å². The maximum atomic E-state index is 14.1. The first-order valence-electron chi connectivity index (χ1n) is 5.94. The van der Waals surface area contributed by atoms with E-state index in [2.05, 4.69) is 0 Å². The molecule has 1 aromatic carbocycles. The summed E-state index contributed by atoms with van der Waals surface area (Å²) < 4.78 is 14.1. The van der Waals surface area contributed by atoms with Gasteiger partial charge in [-0.05, 0) is 24.9 Å². The molecule has 1 nitrogen and oxygen atoms in total. The lowest BCUT2D eigenvalue weighted by molar-refractivity contribution is 0.185. The molecule has 1 aromatic rings. The van der Waals surface area contributed by atoms with Crippen LogP contribution in [0.25, 0.3) is 0 Å². The monoisotopic (exact) mass is 223 g/mol. The number of rotatable bonds is 5. The smallest absolute Gasteiger partial charge is 0.108 e. The van der Waals surface area contributed by atoms with Crippen molar-refractivity contribution in [3.8, 4) is 0 Å². The molecule has 0 radical (unpaired) electrons. The number of alkyl halides is 1. The standard InChI is InChI=1S/C14H22FN/c1-10(2)13(9-16)14(15)8-12-6-4-5-11(3)7-12/h4-7,10,13-14H,8-9,16H2,1-3H3. The van der Waals surface area contributed by atoms with E-state index in [4.69, 9.17) is 5.73 Å². The number of benzene rings is 1. The maximum Gasteiger partial charge on any atom is 0.108 e. The topological polar surface area (TPSA) is 26.0 Å². The lowest BCUT2D eigenvalue weighted by Crippen LogP contribution is -2.30. The number of halogens is 1. The third-order valence-electron chi connectivity index (χ3n) is 3.11. The number of nitrogens with two attached hydrogens (primary N) is 1. The summed E-state index contributed by atoms with van der Waals surface area (Å²) in [7, 11) is 0. The molecule has 0 spiro atoms. The molecule has 2 unspecified atom stereocenters. The van der Waals surface area contributed by atoms with Gasteiger partial charge in [0.15, 0.2) is 0 Å². The summed E-state index contributed by atoms with van der Waals surface area (Å²) in [5.74, 6) is 0.255. The van der Waals surface area contributed by atoms with Gasteiger partial charge in [-0.1, -0.05) is 43.7 Å². The number of hydrogen-bond donors (Lipinski definition) is 1. The first-order valence-corrected chi connectivity index (χ1v) is 5.94. The minimum absolute atomic E-state index is 0.0412. The third kappa shape index (κ3) is 3.60. The van der Waals surface area contributed by atoms with Crippen LogP contribution in [0.4, 0.5) is 4.39 Å². The molecule has 0 amide bonds. The average molecular weight is 223 g/mol. The van der Waals surface area contributed by atoms with Crippen LogP contribution in [-0.2, 0) is 6.42 Å². The van der Waals surface area contributed by atoms with Crippen LogP contribution < -0.4 is 5.73 Å². The second-order valence-corrected chi connectivity index (χ2v) is 4.85. The Balaban J connectivity index is 2.66. The van der Waals surface area contributed by atoms with Crippen LogP contribution in [0, 0.1) is 18.8 Å². The summed E-state index contributed by atoms with van der Waals surface area (Å²) in [4.78, 5) is 0. The average Bonchev–Trinajstić information content (AvgIpc) is 2.17. The van der Waals surface area contributed by atoms with Crippen molar-refractivity contribution in [3.05, 3.63) is 35.4 Å². The van der Waals surface area contributed by atoms with Gasteiger partial charge in [0.05, 0.1) is 0 Å². The first kappa shape index (κ1) is 13.2. The van der Waals surface area contributed by atoms with Gasteiger partial charge in [-0.15, -0.1) is 0 Å². The molecule has 0 fully saturated rings. The zero-order chi connectivity index (χ0) is 12.1. The largest absolute Gasteiger partial charge is 0.330 e. The molecule has 16 heavy (non-hydrogen) atoms. The predicted octanol–water partition coefficient (Wildman–Crippen LogP) is 3.11. The van der Waals surface area contributed by atoms with Crippen molar-refractivity contribution >= 4 is 0 Å². The van der Waals surface area contributed by atoms with E-state index in [0.717, 1.165) is 5.56 Å². The molecule has 0 saturated carbocycles. The fourth-order valence-electron chi connectivity index (χ4n) is 2.05. The molecular formula is C14H22FN. The summed E-state index contributed by atoms with van der Waals surface area (Å²) in [5, 5.41) is 0. The number of hydrogen-bond acceptors (Lipinski definition) is 1. The first-order chi connectivity index (χ1) is 7.54. The minimum Gasteiger partial charge on any atom is -0.330 e. The van der Waals surface area contributed by atoms with Crippen molar-refractivity contribution in [1.29, 1.82) is 0 Å². The molecule has 0 bridgehead atoms. The van der Waals surface area contributed by atoms with Crippen LogP contribution in [0.5, 0.6) is 0 Å². The van der Waals surface area contributed by atoms with Gasteiger partial charge in [-0.25, -0.2) is 4.39 Å². The van der Waals surface area contributed by atoms with E-state index < -0.39 is 6.17 Å². The summed E-state index contributed by atoms with van der Waals surface area (Å²) in [6.07, 6.45) is -0.367. The van der Waals surface area contributed by atoms with Crippen LogP contribution in [-0.4, -0.2) is 12.7 Å². The van der Waals surface area contributed by atoms with Gasteiger partial charge in [0.1, 0.15) is 6.17 Å². The minimum atomic E-state index is -0.841. The Morgan fingerprint density at radius 3 is 2.50 bits per heavy atom. The van der Waals surface area contributed by atoms with Gasteiger partial charge in [-0.3, -0.25) is 0 Å². The molecule has 0 heterocycles. The highest BCUT2D eigenvalue weighted by atomic mass is 19.1. The lowest BCUT2D eigenvalue weighted by atomic mass is 9.88. The quantitative estimate of drug-likeness (QED) is 0.815. The van der Waals surface area contributed by atoms with E-state index in [-0.39, 0.29) is 5.92 Å². The number of aryl methyl sites for hydroxylation is 1. The Labute approximate surface area is 97.9 Å². The van der Waals surface area contributed by atoms with E-state index in [0.29, 0.717) is 18.9 Å². The Bertz CT molecular complexity index is 322. The van der Waals surface area contributed by atoms with Gasteiger partial charge < -0.3 is 5.73 Å². The fraction of sp³-hybridized carbons (Fsp3) is 0.571. The molecule has 0 aromatic heterocycles. The molecule has 2 atom stereocenters. The van der Waals surface area contributed by atoms with Crippen LogP contribution in [0.1, 0.15) is 25.0 Å². The second kappa shape index (κ2) is 6.00. The van der Waals surface area contributed by atoms with Gasteiger partial charge in [0, 0.05) is 12.3 Å². The maximum absolute atomic E-state index is 14.1. The molecule has 0 saturated heterocycles. The van der Waals surface area contributed by atoms with Crippen LogP contribution in [0.2, 0.25) is 0 Å². The fourth-order valence-corrected chi connectivity index (χ4v) is 2.05.